The van der Waals surface area contributed by atoms with Crippen LogP contribution in [-0.4, -0.2) is 42.2 Å². The zero-order valence-corrected chi connectivity index (χ0v) is 23.6. The fraction of sp³-hybridized carbons (Fsp3) is 0.312. The Bertz CT molecular complexity index is 1470. The normalized spacial score (nSPS) is 16.5. The number of ketones is 1. The van der Waals surface area contributed by atoms with Gasteiger partial charge in [0.1, 0.15) is 17.3 Å². The highest BCUT2D eigenvalue weighted by atomic mass is 16.5. The third-order valence-electron chi connectivity index (χ3n) is 6.84. The molecule has 1 atom stereocenters. The molecule has 8 heteroatoms. The van der Waals surface area contributed by atoms with E-state index in [1.54, 1.807) is 48.5 Å². The van der Waals surface area contributed by atoms with Gasteiger partial charge >= 0.3 is 0 Å². The SMILES string of the molecule is CCOc1cc(C2/C(=C(\O)c3ccc(OCC)c(C(C)C)c3)C(=O)C(=O)N2c2cc(C)ccc2O)ccc1OC. The topological polar surface area (TPSA) is 106 Å². The average molecular weight is 546 g/mol. The predicted molar refractivity (Wildman–Crippen MR) is 153 cm³/mol. The summed E-state index contributed by atoms with van der Waals surface area (Å²) in [4.78, 5) is 28.5. The summed E-state index contributed by atoms with van der Waals surface area (Å²) in [5.74, 6) is -0.553. The number of carbonyl (C=O) groups is 2. The van der Waals surface area contributed by atoms with Crippen molar-refractivity contribution >= 4 is 23.1 Å². The van der Waals surface area contributed by atoms with Gasteiger partial charge in [0.2, 0.25) is 0 Å². The van der Waals surface area contributed by atoms with Crippen LogP contribution in [0.25, 0.3) is 5.76 Å². The molecule has 0 aliphatic carbocycles. The number of rotatable bonds is 9. The van der Waals surface area contributed by atoms with Crippen LogP contribution in [-0.2, 0) is 9.59 Å². The summed E-state index contributed by atoms with van der Waals surface area (Å²) >= 11 is 0. The third-order valence-corrected chi connectivity index (χ3v) is 6.84. The minimum absolute atomic E-state index is 0.0760. The van der Waals surface area contributed by atoms with Gasteiger partial charge in [-0.3, -0.25) is 14.5 Å². The Morgan fingerprint density at radius 3 is 2.25 bits per heavy atom. The van der Waals surface area contributed by atoms with Crippen LogP contribution in [0.15, 0.2) is 60.2 Å². The van der Waals surface area contributed by atoms with Gasteiger partial charge < -0.3 is 24.4 Å². The number of aryl methyl sites for hydroxylation is 1. The first-order chi connectivity index (χ1) is 19.1. The van der Waals surface area contributed by atoms with E-state index >= 15 is 0 Å². The van der Waals surface area contributed by atoms with Gasteiger partial charge in [-0.15, -0.1) is 0 Å². The summed E-state index contributed by atoms with van der Waals surface area (Å²) < 4.78 is 17.0. The first-order valence-electron chi connectivity index (χ1n) is 13.3. The lowest BCUT2D eigenvalue weighted by Gasteiger charge is -2.27. The quantitative estimate of drug-likeness (QED) is 0.186. The second-order valence-corrected chi connectivity index (χ2v) is 9.84. The van der Waals surface area contributed by atoms with Crippen LogP contribution in [0.1, 0.15) is 61.9 Å². The maximum atomic E-state index is 13.6. The number of benzene rings is 3. The van der Waals surface area contributed by atoms with Crippen molar-refractivity contribution in [3.8, 4) is 23.0 Å². The molecular weight excluding hydrogens is 510 g/mol. The smallest absolute Gasteiger partial charge is 0.300 e. The summed E-state index contributed by atoms with van der Waals surface area (Å²) in [5, 5.41) is 22.4. The second kappa shape index (κ2) is 11.7. The Balaban J connectivity index is 1.99. The Labute approximate surface area is 234 Å². The Morgan fingerprint density at radius 1 is 0.925 bits per heavy atom. The number of aliphatic hydroxyl groups is 1. The molecule has 1 fully saturated rings. The molecule has 4 rings (SSSR count). The van der Waals surface area contributed by atoms with Gasteiger partial charge in [-0.1, -0.05) is 26.0 Å². The number of amides is 1. The highest BCUT2D eigenvalue weighted by molar-refractivity contribution is 6.52. The van der Waals surface area contributed by atoms with E-state index in [-0.39, 0.29) is 28.7 Å². The summed E-state index contributed by atoms with van der Waals surface area (Å²) in [7, 11) is 1.52. The molecule has 1 aliphatic heterocycles. The van der Waals surface area contributed by atoms with Crippen molar-refractivity contribution in [3.05, 3.63) is 82.4 Å². The molecule has 3 aromatic rings. The molecule has 40 heavy (non-hydrogen) atoms. The van der Waals surface area contributed by atoms with Crippen molar-refractivity contribution < 1.29 is 34.0 Å². The molecular formula is C32H35NO7. The number of nitrogens with zero attached hydrogens (tertiary/aromatic N) is 1. The summed E-state index contributed by atoms with van der Waals surface area (Å²) in [6, 6.07) is 14.0. The van der Waals surface area contributed by atoms with Crippen molar-refractivity contribution in [1.29, 1.82) is 0 Å². The largest absolute Gasteiger partial charge is 0.507 e. The van der Waals surface area contributed by atoms with Crippen LogP contribution < -0.4 is 19.1 Å². The van der Waals surface area contributed by atoms with E-state index in [9.17, 15) is 19.8 Å². The van der Waals surface area contributed by atoms with Crippen molar-refractivity contribution in [3.63, 3.8) is 0 Å². The lowest BCUT2D eigenvalue weighted by atomic mass is 9.92. The van der Waals surface area contributed by atoms with E-state index in [0.29, 0.717) is 41.6 Å². The number of hydrogen-bond donors (Lipinski definition) is 2. The number of aromatic hydroxyl groups is 1. The molecule has 1 heterocycles. The van der Waals surface area contributed by atoms with Gasteiger partial charge in [-0.2, -0.15) is 0 Å². The van der Waals surface area contributed by atoms with E-state index in [1.165, 1.54) is 18.1 Å². The second-order valence-electron chi connectivity index (χ2n) is 9.84. The molecule has 1 saturated heterocycles. The monoisotopic (exact) mass is 545 g/mol. The van der Waals surface area contributed by atoms with Crippen molar-refractivity contribution in [2.24, 2.45) is 0 Å². The number of anilines is 1. The predicted octanol–water partition coefficient (Wildman–Crippen LogP) is 6.26. The lowest BCUT2D eigenvalue weighted by molar-refractivity contribution is -0.132. The van der Waals surface area contributed by atoms with Crippen LogP contribution >= 0.6 is 0 Å². The molecule has 0 bridgehead atoms. The number of phenols is 1. The van der Waals surface area contributed by atoms with Crippen LogP contribution in [0.2, 0.25) is 0 Å². The van der Waals surface area contributed by atoms with E-state index < -0.39 is 17.7 Å². The number of carbonyl (C=O) groups excluding carboxylic acids is 2. The molecule has 1 aliphatic rings. The maximum absolute atomic E-state index is 13.6. The van der Waals surface area contributed by atoms with E-state index in [2.05, 4.69) is 0 Å². The molecule has 1 amide bonds. The first kappa shape index (κ1) is 28.5. The number of methoxy groups -OCH3 is 1. The highest BCUT2D eigenvalue weighted by Crippen LogP contribution is 2.46. The summed E-state index contributed by atoms with van der Waals surface area (Å²) in [5.41, 5.74) is 2.58. The number of phenolic OH excluding ortho intramolecular Hbond substituents is 1. The lowest BCUT2D eigenvalue weighted by Crippen LogP contribution is -2.29. The van der Waals surface area contributed by atoms with Crippen molar-refractivity contribution in [2.75, 3.05) is 25.2 Å². The third kappa shape index (κ3) is 5.21. The number of hydrogen-bond acceptors (Lipinski definition) is 7. The number of Topliss-reactive ketones (excluding diaryl/α,β-unsaturated/α-hetero) is 1. The molecule has 2 N–H and O–H groups in total. The van der Waals surface area contributed by atoms with Crippen LogP contribution in [0.3, 0.4) is 0 Å². The number of ether oxygens (including phenoxy) is 3. The molecule has 0 saturated carbocycles. The maximum Gasteiger partial charge on any atom is 0.300 e. The van der Waals surface area contributed by atoms with Crippen molar-refractivity contribution in [1.82, 2.24) is 0 Å². The van der Waals surface area contributed by atoms with Gasteiger partial charge in [-0.05, 0) is 85.8 Å². The minimum atomic E-state index is -1.05. The van der Waals surface area contributed by atoms with Gasteiger partial charge in [0.15, 0.2) is 11.5 Å². The van der Waals surface area contributed by atoms with E-state index in [1.807, 2.05) is 34.6 Å². The zero-order chi connectivity index (χ0) is 29.1. The summed E-state index contributed by atoms with van der Waals surface area (Å²) in [6.45, 7) is 10.4. The average Bonchev–Trinajstić information content (AvgIpc) is 3.20. The van der Waals surface area contributed by atoms with Crippen molar-refractivity contribution in [2.45, 2.75) is 46.6 Å². The molecule has 210 valence electrons. The van der Waals surface area contributed by atoms with Crippen LogP contribution in [0, 0.1) is 6.92 Å². The van der Waals surface area contributed by atoms with E-state index in [4.69, 9.17) is 14.2 Å². The Morgan fingerprint density at radius 2 is 1.60 bits per heavy atom. The molecule has 8 nitrogen and oxygen atoms in total. The molecule has 3 aromatic carbocycles. The standard InChI is InChI=1S/C32H35NO7/c1-7-39-25-13-11-21(16-22(25)18(3)4)30(35)28-29(20-10-14-26(38-6)27(17-20)40-8-2)33(32(37)31(28)36)23-15-19(5)9-12-24(23)34/h9-18,29,34-35H,7-8H2,1-6H3/b30-28+. The summed E-state index contributed by atoms with van der Waals surface area (Å²) in [6.07, 6.45) is 0. The van der Waals surface area contributed by atoms with Gasteiger partial charge in [-0.25, -0.2) is 0 Å². The Hall–Kier alpha value is -4.46. The molecule has 0 spiro atoms. The first-order valence-corrected chi connectivity index (χ1v) is 13.3. The fourth-order valence-electron chi connectivity index (χ4n) is 4.94. The zero-order valence-electron chi connectivity index (χ0n) is 23.6. The Kier molecular flexibility index (Phi) is 8.38. The molecule has 1 unspecified atom stereocenters. The van der Waals surface area contributed by atoms with Gasteiger partial charge in [0, 0.05) is 5.56 Å². The molecule has 0 aromatic heterocycles. The minimum Gasteiger partial charge on any atom is -0.507 e. The van der Waals surface area contributed by atoms with Gasteiger partial charge in [0.05, 0.1) is 37.6 Å². The van der Waals surface area contributed by atoms with Crippen LogP contribution in [0.5, 0.6) is 23.0 Å². The fourth-order valence-corrected chi connectivity index (χ4v) is 4.94. The molecule has 0 radical (unpaired) electrons. The van der Waals surface area contributed by atoms with Crippen LogP contribution in [0.4, 0.5) is 5.69 Å². The van der Waals surface area contributed by atoms with Gasteiger partial charge in [0.25, 0.3) is 11.7 Å². The highest BCUT2D eigenvalue weighted by Gasteiger charge is 2.48. The number of aliphatic hydroxyl groups excluding tert-OH is 1. The van der Waals surface area contributed by atoms with E-state index in [0.717, 1.165) is 11.1 Å².